The largest absolute Gasteiger partial charge is 0.508 e. The van der Waals surface area contributed by atoms with E-state index in [4.69, 9.17) is 0 Å². The molecule has 132 valence electrons. The molecule has 0 spiro atoms. The summed E-state index contributed by atoms with van der Waals surface area (Å²) >= 11 is 0. The van der Waals surface area contributed by atoms with Crippen LogP contribution >= 0.6 is 0 Å². The lowest BCUT2D eigenvalue weighted by Crippen LogP contribution is -2.23. The van der Waals surface area contributed by atoms with Gasteiger partial charge >= 0.3 is 0 Å². The van der Waals surface area contributed by atoms with Crippen LogP contribution in [0.3, 0.4) is 0 Å². The molecule has 1 heterocycles. The van der Waals surface area contributed by atoms with Gasteiger partial charge in [0, 0.05) is 22.9 Å². The van der Waals surface area contributed by atoms with E-state index in [1.807, 2.05) is 19.9 Å². The molecule has 0 aliphatic rings. The molecule has 0 atom stereocenters. The van der Waals surface area contributed by atoms with Crippen LogP contribution in [0.1, 0.15) is 19.5 Å². The number of hydrogen-bond donors (Lipinski definition) is 1. The average molecular weight is 350 g/mol. The second-order valence-corrected chi connectivity index (χ2v) is 5.28. The Balaban J connectivity index is 0.00000117. The van der Waals surface area contributed by atoms with Crippen LogP contribution < -0.4 is 5.56 Å². The number of fused-ring (bicyclic) bond motifs is 1. The highest BCUT2D eigenvalue weighted by molar-refractivity contribution is 5.99. The number of aromatic nitrogens is 1. The number of pyridine rings is 1. The summed E-state index contributed by atoms with van der Waals surface area (Å²) in [6.07, 6.45) is 1.52. The minimum atomic E-state index is -0.453. The van der Waals surface area contributed by atoms with Crippen LogP contribution in [-0.4, -0.2) is 9.67 Å². The second kappa shape index (κ2) is 8.13. The number of phenolic OH excluding ortho intramolecular Hbond substituents is 1. The van der Waals surface area contributed by atoms with Gasteiger partial charge in [0.2, 0.25) is 0 Å². The fourth-order valence-corrected chi connectivity index (χ4v) is 2.79. The van der Waals surface area contributed by atoms with Gasteiger partial charge < -0.3 is 5.11 Å². The molecule has 3 rings (SSSR count). The Morgan fingerprint density at radius 2 is 1.96 bits per heavy atom. The van der Waals surface area contributed by atoms with Gasteiger partial charge in [-0.05, 0) is 35.9 Å². The van der Waals surface area contributed by atoms with Crippen molar-refractivity contribution in [1.82, 2.24) is 4.57 Å². The number of phenols is 1. The maximum Gasteiger partial charge on any atom is 0.259 e. The highest BCUT2D eigenvalue weighted by Crippen LogP contribution is 2.32. The number of nitriles is 1. The summed E-state index contributed by atoms with van der Waals surface area (Å²) < 4.78 is 15.0. The summed E-state index contributed by atoms with van der Waals surface area (Å²) in [5.74, 6) is -0.490. The Hall–Kier alpha value is -3.39. The highest BCUT2D eigenvalue weighted by Gasteiger charge is 2.18. The van der Waals surface area contributed by atoms with E-state index in [1.165, 1.54) is 47.0 Å². The molecule has 0 saturated carbocycles. The molecule has 0 saturated heterocycles. The van der Waals surface area contributed by atoms with E-state index in [1.54, 1.807) is 6.07 Å². The molecule has 26 heavy (non-hydrogen) atoms. The van der Waals surface area contributed by atoms with Crippen molar-refractivity contribution in [1.29, 1.82) is 5.26 Å². The number of benzene rings is 2. The third-order valence-electron chi connectivity index (χ3n) is 3.79. The molecule has 2 aromatic carbocycles. The smallest absolute Gasteiger partial charge is 0.259 e. The van der Waals surface area contributed by atoms with Crippen molar-refractivity contribution < 1.29 is 9.50 Å². The number of rotatable bonds is 3. The van der Waals surface area contributed by atoms with Crippen molar-refractivity contribution >= 4 is 10.8 Å². The van der Waals surface area contributed by atoms with E-state index in [-0.39, 0.29) is 23.5 Å². The Bertz CT molecular complexity index is 1060. The summed E-state index contributed by atoms with van der Waals surface area (Å²) in [6.45, 7) is 7.77. The first-order valence-electron chi connectivity index (χ1n) is 8.23. The molecular formula is C21H19FN2O2. The molecule has 1 N–H and O–H groups in total. The van der Waals surface area contributed by atoms with Crippen LogP contribution in [0.2, 0.25) is 0 Å². The van der Waals surface area contributed by atoms with Crippen molar-refractivity contribution in [3.05, 3.63) is 77.0 Å². The van der Waals surface area contributed by atoms with E-state index in [0.717, 1.165) is 0 Å². The molecule has 0 radical (unpaired) electrons. The summed E-state index contributed by atoms with van der Waals surface area (Å²) in [5.41, 5.74) is 0.606. The van der Waals surface area contributed by atoms with Crippen molar-refractivity contribution in [3.8, 4) is 22.9 Å². The molecule has 1 aromatic heterocycles. The van der Waals surface area contributed by atoms with Crippen molar-refractivity contribution in [2.45, 2.75) is 20.4 Å². The Morgan fingerprint density at radius 1 is 1.23 bits per heavy atom. The molecular weight excluding hydrogens is 331 g/mol. The fourth-order valence-electron chi connectivity index (χ4n) is 2.79. The Labute approximate surface area is 151 Å². The van der Waals surface area contributed by atoms with Crippen molar-refractivity contribution in [2.24, 2.45) is 0 Å². The lowest BCUT2D eigenvalue weighted by molar-refractivity contribution is 0.476. The van der Waals surface area contributed by atoms with Crippen LogP contribution in [-0.2, 0) is 6.54 Å². The maximum atomic E-state index is 13.7. The zero-order valence-corrected chi connectivity index (χ0v) is 14.7. The molecule has 0 unspecified atom stereocenters. The number of aromatic hydroxyl groups is 1. The first-order valence-corrected chi connectivity index (χ1v) is 8.23. The van der Waals surface area contributed by atoms with Gasteiger partial charge in [-0.15, -0.1) is 6.58 Å². The van der Waals surface area contributed by atoms with Gasteiger partial charge in [0.05, 0.1) is 0 Å². The predicted molar refractivity (Wildman–Crippen MR) is 102 cm³/mol. The van der Waals surface area contributed by atoms with Crippen molar-refractivity contribution in [2.75, 3.05) is 0 Å². The normalized spacial score (nSPS) is 9.92. The van der Waals surface area contributed by atoms with Crippen LogP contribution in [0, 0.1) is 17.1 Å². The predicted octanol–water partition coefficient (Wildman–Crippen LogP) is 4.60. The van der Waals surface area contributed by atoms with Gasteiger partial charge in [-0.25, -0.2) is 4.39 Å². The van der Waals surface area contributed by atoms with Crippen LogP contribution in [0.5, 0.6) is 5.75 Å². The lowest BCUT2D eigenvalue weighted by atomic mass is 9.96. The van der Waals surface area contributed by atoms with E-state index in [0.29, 0.717) is 21.9 Å². The fraction of sp³-hybridized carbons (Fsp3) is 0.143. The first kappa shape index (κ1) is 18.9. The molecule has 3 aromatic rings. The third kappa shape index (κ3) is 3.35. The van der Waals surface area contributed by atoms with Crippen LogP contribution in [0.4, 0.5) is 4.39 Å². The quantitative estimate of drug-likeness (QED) is 0.702. The third-order valence-corrected chi connectivity index (χ3v) is 3.79. The molecule has 0 aliphatic heterocycles. The zero-order valence-electron chi connectivity index (χ0n) is 14.7. The van der Waals surface area contributed by atoms with Crippen LogP contribution in [0.25, 0.3) is 21.9 Å². The number of halogens is 1. The lowest BCUT2D eigenvalue weighted by Gasteiger charge is -2.15. The topological polar surface area (TPSA) is 66.0 Å². The van der Waals surface area contributed by atoms with Gasteiger partial charge in [-0.3, -0.25) is 9.36 Å². The molecule has 0 amide bonds. The van der Waals surface area contributed by atoms with E-state index < -0.39 is 5.82 Å². The van der Waals surface area contributed by atoms with Gasteiger partial charge in [-0.2, -0.15) is 5.26 Å². The summed E-state index contributed by atoms with van der Waals surface area (Å²) in [6, 6.07) is 12.1. The molecule has 0 bridgehead atoms. The second-order valence-electron chi connectivity index (χ2n) is 5.28. The van der Waals surface area contributed by atoms with Crippen molar-refractivity contribution in [3.63, 3.8) is 0 Å². The standard InChI is InChI=1S/C19H13FN2O2.C2H6/c1-2-8-22-17(11-21)18(12-4-3-5-13(20)9-12)16-10-14(23)6-7-15(16)19(22)24;1-2/h2-7,9-10,23H,1,8H2;1-2H3. The monoisotopic (exact) mass is 350 g/mol. The Kier molecular flexibility index (Phi) is 5.92. The van der Waals surface area contributed by atoms with Crippen LogP contribution in [0.15, 0.2) is 59.9 Å². The number of nitrogens with zero attached hydrogens (tertiary/aromatic N) is 2. The minimum absolute atomic E-state index is 0.0371. The molecule has 4 nitrogen and oxygen atoms in total. The molecule has 0 aliphatic carbocycles. The zero-order chi connectivity index (χ0) is 19.3. The minimum Gasteiger partial charge on any atom is -0.508 e. The SMILES string of the molecule is C=CCn1c(C#N)c(-c2cccc(F)c2)c2cc(O)ccc2c1=O.CC. The summed E-state index contributed by atoms with van der Waals surface area (Å²) in [4.78, 5) is 12.7. The van der Waals surface area contributed by atoms with E-state index >= 15 is 0 Å². The van der Waals surface area contributed by atoms with E-state index in [2.05, 4.69) is 6.58 Å². The van der Waals surface area contributed by atoms with Gasteiger partial charge in [0.15, 0.2) is 0 Å². The average Bonchev–Trinajstić information content (AvgIpc) is 2.65. The first-order chi connectivity index (χ1) is 12.6. The number of allylic oxidation sites excluding steroid dienone is 1. The van der Waals surface area contributed by atoms with Gasteiger partial charge in [0.25, 0.3) is 5.56 Å². The van der Waals surface area contributed by atoms with Gasteiger partial charge in [0.1, 0.15) is 23.3 Å². The maximum absolute atomic E-state index is 13.7. The van der Waals surface area contributed by atoms with E-state index in [9.17, 15) is 19.6 Å². The molecule has 5 heteroatoms. The summed E-state index contributed by atoms with van der Waals surface area (Å²) in [5, 5.41) is 20.2. The van der Waals surface area contributed by atoms with Gasteiger partial charge in [-0.1, -0.05) is 32.1 Å². The summed E-state index contributed by atoms with van der Waals surface area (Å²) in [7, 11) is 0. The molecule has 0 fully saturated rings. The Morgan fingerprint density at radius 3 is 2.58 bits per heavy atom. The number of hydrogen-bond acceptors (Lipinski definition) is 3. The highest BCUT2D eigenvalue weighted by atomic mass is 19.1.